The molecule has 0 radical (unpaired) electrons. The minimum Gasteiger partial charge on any atom is -0.444 e. The van der Waals surface area contributed by atoms with E-state index in [1.54, 1.807) is 4.90 Å². The Bertz CT molecular complexity index is 1080. The zero-order chi connectivity index (χ0) is 30.2. The number of nitrogens with zero attached hydrogens (tertiary/aromatic N) is 1. The van der Waals surface area contributed by atoms with E-state index in [1.165, 1.54) is 19.4 Å². The third-order valence-corrected chi connectivity index (χ3v) is 7.38. The third-order valence-electron chi connectivity index (χ3n) is 6.87. The second-order valence-electron chi connectivity index (χ2n) is 11.7. The second kappa shape index (κ2) is 17.0. The average molecular weight is 652 g/mol. The second-order valence-corrected chi connectivity index (χ2v) is 12.5. The van der Waals surface area contributed by atoms with Crippen LogP contribution in [0.15, 0.2) is 48.5 Å². The van der Waals surface area contributed by atoms with E-state index in [9.17, 15) is 13.6 Å². The topological polar surface area (TPSA) is 60.0 Å². The molecule has 2 aromatic carbocycles. The van der Waals surface area contributed by atoms with Gasteiger partial charge in [0, 0.05) is 22.6 Å². The Morgan fingerprint density at radius 2 is 1.43 bits per heavy atom. The summed E-state index contributed by atoms with van der Waals surface area (Å²) < 4.78 is 43.2. The smallest absolute Gasteiger partial charge is 0.410 e. The predicted octanol–water partition coefficient (Wildman–Crippen LogP) is 7.26. The molecule has 0 saturated carbocycles. The molecule has 236 valence electrons. The Labute approximate surface area is 264 Å². The van der Waals surface area contributed by atoms with E-state index in [1.807, 2.05) is 69.3 Å². The van der Waals surface area contributed by atoms with E-state index >= 15 is 0 Å². The molecule has 6 nitrogen and oxygen atoms in total. The van der Waals surface area contributed by atoms with Crippen molar-refractivity contribution >= 4 is 41.7 Å². The van der Waals surface area contributed by atoms with Gasteiger partial charge in [-0.3, -0.25) is 4.90 Å². The molecule has 1 amide bonds. The number of carbonyl (C=O) groups is 1. The Hall–Kier alpha value is -1.68. The molecule has 0 bridgehead atoms. The lowest BCUT2D eigenvalue weighted by Gasteiger charge is -2.40. The molecule has 2 aliphatic heterocycles. The van der Waals surface area contributed by atoms with Gasteiger partial charge in [-0.1, -0.05) is 47.5 Å². The van der Waals surface area contributed by atoms with E-state index in [2.05, 4.69) is 5.32 Å². The summed E-state index contributed by atoms with van der Waals surface area (Å²) >= 11 is 11.7. The molecule has 2 fully saturated rings. The largest absolute Gasteiger partial charge is 0.444 e. The van der Waals surface area contributed by atoms with Crippen LogP contribution in [-0.4, -0.2) is 79.5 Å². The quantitative estimate of drug-likeness (QED) is 0.356. The van der Waals surface area contributed by atoms with Crippen molar-refractivity contribution in [3.8, 4) is 0 Å². The summed E-state index contributed by atoms with van der Waals surface area (Å²) in [5.41, 5.74) is 1.65. The van der Waals surface area contributed by atoms with E-state index in [-0.39, 0.29) is 43.7 Å². The molecule has 4 rings (SSSR count). The number of hydrogen-bond donors (Lipinski definition) is 1. The molecular weight excluding hydrogens is 609 g/mol. The maximum atomic E-state index is 13.6. The van der Waals surface area contributed by atoms with E-state index in [0.29, 0.717) is 24.6 Å². The zero-order valence-corrected chi connectivity index (χ0v) is 27.2. The molecular formula is C31H43Cl3F2N2O4. The number of hydrogen-bond acceptors (Lipinski definition) is 5. The SMILES string of the molecule is CC(F)[C@H]1CN(C(=O)OC(C)(C)C)[C@@H](Cc2ccc(Cl)cc2)CO1.CC(F)[C@H]1CN[C@@H](Cc2ccc(Cl)cc2)CO1.Cl. The van der Waals surface area contributed by atoms with Crippen LogP contribution in [0.5, 0.6) is 0 Å². The molecule has 2 aromatic rings. The van der Waals surface area contributed by atoms with Crippen LogP contribution in [0.2, 0.25) is 10.0 Å². The van der Waals surface area contributed by atoms with Gasteiger partial charge in [-0.05, 0) is 82.9 Å². The molecule has 1 N–H and O–H groups in total. The monoisotopic (exact) mass is 650 g/mol. The van der Waals surface area contributed by atoms with Crippen LogP contribution in [0.25, 0.3) is 0 Å². The average Bonchev–Trinajstić information content (AvgIpc) is 2.91. The fraction of sp³-hybridized carbons (Fsp3) is 0.581. The lowest BCUT2D eigenvalue weighted by Crippen LogP contribution is -2.56. The Morgan fingerprint density at radius 1 is 0.929 bits per heavy atom. The highest BCUT2D eigenvalue weighted by atomic mass is 35.5. The number of halogens is 5. The first kappa shape index (κ1) is 36.5. The maximum absolute atomic E-state index is 13.6. The van der Waals surface area contributed by atoms with Crippen molar-refractivity contribution < 1.29 is 27.8 Å². The summed E-state index contributed by atoms with van der Waals surface area (Å²) in [6.07, 6.45) is -1.95. The predicted molar refractivity (Wildman–Crippen MR) is 167 cm³/mol. The van der Waals surface area contributed by atoms with Crippen LogP contribution >= 0.6 is 35.6 Å². The van der Waals surface area contributed by atoms with Crippen molar-refractivity contribution in [3.63, 3.8) is 0 Å². The van der Waals surface area contributed by atoms with Crippen molar-refractivity contribution in [2.75, 3.05) is 26.3 Å². The summed E-state index contributed by atoms with van der Waals surface area (Å²) in [5, 5.41) is 4.72. The van der Waals surface area contributed by atoms with Gasteiger partial charge in [-0.15, -0.1) is 12.4 Å². The first-order valence-electron chi connectivity index (χ1n) is 14.0. The molecule has 2 heterocycles. The van der Waals surface area contributed by atoms with Gasteiger partial charge in [0.05, 0.1) is 25.8 Å². The molecule has 6 atom stereocenters. The van der Waals surface area contributed by atoms with Gasteiger partial charge in [0.25, 0.3) is 0 Å². The molecule has 0 aliphatic carbocycles. The normalized spacial score (nSPS) is 24.0. The van der Waals surface area contributed by atoms with Gasteiger partial charge in [-0.2, -0.15) is 0 Å². The van der Waals surface area contributed by atoms with E-state index < -0.39 is 30.1 Å². The minimum absolute atomic E-state index is 0. The number of morpholine rings is 2. The van der Waals surface area contributed by atoms with Crippen molar-refractivity contribution in [3.05, 3.63) is 69.7 Å². The van der Waals surface area contributed by atoms with Crippen LogP contribution in [0.4, 0.5) is 13.6 Å². The van der Waals surface area contributed by atoms with Gasteiger partial charge in [0.15, 0.2) is 0 Å². The molecule has 0 spiro atoms. The third kappa shape index (κ3) is 12.1. The maximum Gasteiger partial charge on any atom is 0.410 e. The number of ether oxygens (including phenoxy) is 3. The Kier molecular flexibility index (Phi) is 14.8. The molecule has 2 aliphatic rings. The first-order chi connectivity index (χ1) is 19.3. The van der Waals surface area contributed by atoms with Crippen LogP contribution < -0.4 is 5.32 Å². The summed E-state index contributed by atoms with van der Waals surface area (Å²) in [4.78, 5) is 14.1. The van der Waals surface area contributed by atoms with Crippen molar-refractivity contribution in [1.29, 1.82) is 0 Å². The van der Waals surface area contributed by atoms with Gasteiger partial charge < -0.3 is 19.5 Å². The van der Waals surface area contributed by atoms with Crippen LogP contribution in [-0.2, 0) is 27.1 Å². The van der Waals surface area contributed by atoms with Crippen LogP contribution in [0, 0.1) is 0 Å². The molecule has 11 heteroatoms. The standard InChI is InChI=1S/C18H25ClFNO3.C13H17ClFNO.ClH/c1-12(20)16-10-21(17(22)24-18(2,3)4)15(11-23-16)9-13-5-7-14(19)8-6-13;1-9(15)13-7-16-12(8-17-13)6-10-2-4-11(14)5-3-10;/h5-8,12,15-16H,9-11H2,1-4H3;2-5,9,12-13,16H,6-8H2,1H3;1H/t12?,15-,16+;9?,12-,13+;/m00./s1. The van der Waals surface area contributed by atoms with Gasteiger partial charge in [-0.25, -0.2) is 13.6 Å². The number of rotatable bonds is 6. The number of benzene rings is 2. The Morgan fingerprint density at radius 3 is 1.88 bits per heavy atom. The van der Waals surface area contributed by atoms with E-state index in [0.717, 1.165) is 17.0 Å². The van der Waals surface area contributed by atoms with Crippen molar-refractivity contribution in [2.45, 2.75) is 89.7 Å². The number of nitrogens with one attached hydrogen (secondary N) is 1. The van der Waals surface area contributed by atoms with Gasteiger partial charge >= 0.3 is 6.09 Å². The van der Waals surface area contributed by atoms with Crippen LogP contribution in [0.1, 0.15) is 45.7 Å². The fourth-order valence-electron chi connectivity index (χ4n) is 4.58. The molecule has 2 unspecified atom stereocenters. The van der Waals surface area contributed by atoms with Crippen molar-refractivity contribution in [1.82, 2.24) is 10.2 Å². The minimum atomic E-state index is -1.15. The summed E-state index contributed by atoms with van der Waals surface area (Å²) in [5.74, 6) is 0. The first-order valence-corrected chi connectivity index (χ1v) is 14.8. The van der Waals surface area contributed by atoms with Gasteiger partial charge in [0.2, 0.25) is 0 Å². The number of amides is 1. The highest BCUT2D eigenvalue weighted by Crippen LogP contribution is 2.23. The summed E-state index contributed by atoms with van der Waals surface area (Å²) in [6.45, 7) is 10.0. The lowest BCUT2D eigenvalue weighted by atomic mass is 10.0. The highest BCUT2D eigenvalue weighted by molar-refractivity contribution is 6.30. The highest BCUT2D eigenvalue weighted by Gasteiger charge is 2.37. The molecule has 2 saturated heterocycles. The Balaban J connectivity index is 0.000000302. The fourth-order valence-corrected chi connectivity index (χ4v) is 4.83. The van der Waals surface area contributed by atoms with E-state index in [4.69, 9.17) is 37.4 Å². The molecule has 42 heavy (non-hydrogen) atoms. The van der Waals surface area contributed by atoms with Gasteiger partial charge in [0.1, 0.15) is 30.2 Å². The summed E-state index contributed by atoms with van der Waals surface area (Å²) in [7, 11) is 0. The lowest BCUT2D eigenvalue weighted by molar-refractivity contribution is -0.0908. The number of carbonyl (C=O) groups excluding carboxylic acids is 1. The number of alkyl halides is 2. The van der Waals surface area contributed by atoms with Crippen molar-refractivity contribution in [2.24, 2.45) is 0 Å². The summed E-state index contributed by atoms with van der Waals surface area (Å²) in [6, 6.07) is 15.3. The zero-order valence-electron chi connectivity index (χ0n) is 24.8. The molecule has 0 aromatic heterocycles. The van der Waals surface area contributed by atoms with Crippen LogP contribution in [0.3, 0.4) is 0 Å².